The molecule has 3 aromatic heterocycles. The van der Waals surface area contributed by atoms with Gasteiger partial charge in [-0.1, -0.05) is 6.07 Å². The molecule has 0 aromatic carbocycles. The predicted molar refractivity (Wildman–Crippen MR) is 73.8 cm³/mol. The number of rotatable bonds is 2. The van der Waals surface area contributed by atoms with Crippen LogP contribution < -0.4 is 5.73 Å². The molecule has 5 nitrogen and oxygen atoms in total. The Labute approximate surface area is 110 Å². The minimum atomic E-state index is 0.572. The highest BCUT2D eigenvalue weighted by Crippen LogP contribution is 2.39. The number of nitrogens with two attached hydrogens (primary N) is 1. The van der Waals surface area contributed by atoms with E-state index < -0.39 is 0 Å². The van der Waals surface area contributed by atoms with E-state index in [2.05, 4.69) is 9.55 Å². The minimum Gasteiger partial charge on any atom is -0.383 e. The van der Waals surface area contributed by atoms with Gasteiger partial charge in [0, 0.05) is 12.2 Å². The summed E-state index contributed by atoms with van der Waals surface area (Å²) in [4.78, 5) is 8.95. The summed E-state index contributed by atoms with van der Waals surface area (Å²) in [6.07, 6.45) is 8.12. The molecule has 0 saturated heterocycles. The van der Waals surface area contributed by atoms with Crippen molar-refractivity contribution < 1.29 is 0 Å². The van der Waals surface area contributed by atoms with Crippen molar-refractivity contribution in [1.29, 1.82) is 0 Å². The van der Waals surface area contributed by atoms with Gasteiger partial charge in [-0.2, -0.15) is 0 Å². The van der Waals surface area contributed by atoms with Crippen LogP contribution in [0.15, 0.2) is 30.9 Å². The van der Waals surface area contributed by atoms with Crippen molar-refractivity contribution in [3.8, 4) is 11.4 Å². The van der Waals surface area contributed by atoms with Crippen molar-refractivity contribution in [2.24, 2.45) is 0 Å². The molecule has 0 unspecified atom stereocenters. The van der Waals surface area contributed by atoms with Gasteiger partial charge in [0.15, 0.2) is 0 Å². The van der Waals surface area contributed by atoms with E-state index in [0.29, 0.717) is 11.9 Å². The Morgan fingerprint density at radius 2 is 2.21 bits per heavy atom. The number of nitrogen functional groups attached to an aromatic ring is 1. The van der Waals surface area contributed by atoms with E-state index >= 15 is 0 Å². The molecule has 0 radical (unpaired) electrons. The highest BCUT2D eigenvalue weighted by atomic mass is 15.1. The largest absolute Gasteiger partial charge is 0.383 e. The highest BCUT2D eigenvalue weighted by Gasteiger charge is 2.27. The lowest BCUT2D eigenvalue weighted by atomic mass is 10.3. The van der Waals surface area contributed by atoms with Crippen LogP contribution in [-0.4, -0.2) is 18.9 Å². The van der Waals surface area contributed by atoms with Gasteiger partial charge in [-0.3, -0.25) is 4.40 Å². The molecule has 0 spiro atoms. The average Bonchev–Trinajstić information content (AvgIpc) is 3.04. The maximum absolute atomic E-state index is 6.25. The molecule has 0 aliphatic heterocycles. The van der Waals surface area contributed by atoms with E-state index in [-0.39, 0.29) is 0 Å². The van der Waals surface area contributed by atoms with Gasteiger partial charge in [0.2, 0.25) is 0 Å². The van der Waals surface area contributed by atoms with Crippen LogP contribution in [0.4, 0.5) is 5.82 Å². The summed E-state index contributed by atoms with van der Waals surface area (Å²) in [5.74, 6) is 0.682. The lowest BCUT2D eigenvalue weighted by Gasteiger charge is -2.04. The van der Waals surface area contributed by atoms with Crippen molar-refractivity contribution >= 4 is 11.5 Å². The number of hydrogen-bond donors (Lipinski definition) is 1. The van der Waals surface area contributed by atoms with Crippen LogP contribution in [0.5, 0.6) is 0 Å². The Morgan fingerprint density at radius 3 is 2.95 bits per heavy atom. The molecule has 1 aliphatic rings. The topological polar surface area (TPSA) is 61.1 Å². The van der Waals surface area contributed by atoms with Crippen molar-refractivity contribution in [1.82, 2.24) is 18.9 Å². The first kappa shape index (κ1) is 10.6. The zero-order valence-corrected chi connectivity index (χ0v) is 10.7. The monoisotopic (exact) mass is 253 g/mol. The fourth-order valence-corrected chi connectivity index (χ4v) is 2.54. The van der Waals surface area contributed by atoms with Crippen molar-refractivity contribution in [3.05, 3.63) is 36.4 Å². The molecular formula is C14H15N5. The van der Waals surface area contributed by atoms with Crippen LogP contribution in [0, 0.1) is 6.92 Å². The van der Waals surface area contributed by atoms with Crippen molar-refractivity contribution in [3.63, 3.8) is 0 Å². The van der Waals surface area contributed by atoms with E-state index in [9.17, 15) is 0 Å². The third kappa shape index (κ3) is 1.47. The third-order valence-corrected chi connectivity index (χ3v) is 3.73. The van der Waals surface area contributed by atoms with E-state index in [0.717, 1.165) is 22.6 Å². The van der Waals surface area contributed by atoms with Crippen LogP contribution in [0.1, 0.15) is 24.4 Å². The van der Waals surface area contributed by atoms with Gasteiger partial charge in [0.25, 0.3) is 0 Å². The first-order chi connectivity index (χ1) is 9.25. The number of fused-ring (bicyclic) bond motifs is 1. The standard InChI is InChI=1S/C14H15N5/c1-9-3-2-6-18-13(15)12(17-14(9)18)11-7-16-8-19(11)10-4-5-10/h2-3,6-8,10H,4-5,15H2,1H3. The summed E-state index contributed by atoms with van der Waals surface area (Å²) in [5, 5.41) is 0. The van der Waals surface area contributed by atoms with Crippen molar-refractivity contribution in [2.45, 2.75) is 25.8 Å². The fourth-order valence-electron chi connectivity index (χ4n) is 2.54. The summed E-state index contributed by atoms with van der Waals surface area (Å²) in [6, 6.07) is 4.61. The SMILES string of the molecule is Cc1cccn2c(N)c(-c3cncn3C3CC3)nc12. The quantitative estimate of drug-likeness (QED) is 0.763. The minimum absolute atomic E-state index is 0.572. The van der Waals surface area contributed by atoms with Gasteiger partial charge >= 0.3 is 0 Å². The first-order valence-electron chi connectivity index (χ1n) is 6.51. The predicted octanol–water partition coefficient (Wildman–Crippen LogP) is 2.42. The van der Waals surface area contributed by atoms with Gasteiger partial charge < -0.3 is 10.3 Å². The molecule has 5 heteroatoms. The normalized spacial score (nSPS) is 15.2. The molecule has 0 atom stereocenters. The van der Waals surface area contributed by atoms with Gasteiger partial charge in [0.1, 0.15) is 17.2 Å². The molecule has 96 valence electrons. The summed E-state index contributed by atoms with van der Waals surface area (Å²) in [7, 11) is 0. The fraction of sp³-hybridized carbons (Fsp3) is 0.286. The summed E-state index contributed by atoms with van der Waals surface area (Å²) >= 11 is 0. The number of anilines is 1. The van der Waals surface area contributed by atoms with Crippen LogP contribution in [0.25, 0.3) is 17.0 Å². The smallest absolute Gasteiger partial charge is 0.142 e. The Hall–Kier alpha value is -2.30. The van der Waals surface area contributed by atoms with Crippen molar-refractivity contribution in [2.75, 3.05) is 5.73 Å². The molecule has 4 rings (SSSR count). The van der Waals surface area contributed by atoms with Crippen LogP contribution in [0.3, 0.4) is 0 Å². The average molecular weight is 253 g/mol. The second-order valence-electron chi connectivity index (χ2n) is 5.15. The van der Waals surface area contributed by atoms with E-state index in [4.69, 9.17) is 10.7 Å². The van der Waals surface area contributed by atoms with Crippen LogP contribution in [-0.2, 0) is 0 Å². The number of nitrogens with zero attached hydrogens (tertiary/aromatic N) is 4. The van der Waals surface area contributed by atoms with E-state index in [1.807, 2.05) is 42.2 Å². The molecule has 1 fully saturated rings. The zero-order valence-electron chi connectivity index (χ0n) is 10.7. The van der Waals surface area contributed by atoms with Gasteiger partial charge in [-0.25, -0.2) is 9.97 Å². The van der Waals surface area contributed by atoms with Gasteiger partial charge in [-0.05, 0) is 31.4 Å². The number of imidazole rings is 2. The Morgan fingerprint density at radius 1 is 1.37 bits per heavy atom. The van der Waals surface area contributed by atoms with Gasteiger partial charge in [-0.15, -0.1) is 0 Å². The number of pyridine rings is 1. The molecule has 0 amide bonds. The summed E-state index contributed by atoms with van der Waals surface area (Å²) < 4.78 is 4.13. The highest BCUT2D eigenvalue weighted by molar-refractivity contribution is 5.73. The van der Waals surface area contributed by atoms with E-state index in [1.54, 1.807) is 0 Å². The van der Waals surface area contributed by atoms with Crippen LogP contribution in [0.2, 0.25) is 0 Å². The zero-order chi connectivity index (χ0) is 13.0. The molecule has 1 aliphatic carbocycles. The number of aromatic nitrogens is 4. The summed E-state index contributed by atoms with van der Waals surface area (Å²) in [6.45, 7) is 2.05. The molecule has 2 N–H and O–H groups in total. The molecule has 3 heterocycles. The Balaban J connectivity index is 1.98. The Bertz CT molecular complexity index is 763. The number of hydrogen-bond acceptors (Lipinski definition) is 3. The Kier molecular flexibility index (Phi) is 2.01. The number of aryl methyl sites for hydroxylation is 1. The van der Waals surface area contributed by atoms with Crippen LogP contribution >= 0.6 is 0 Å². The third-order valence-electron chi connectivity index (χ3n) is 3.73. The van der Waals surface area contributed by atoms with E-state index in [1.165, 1.54) is 12.8 Å². The second kappa shape index (κ2) is 3.60. The first-order valence-corrected chi connectivity index (χ1v) is 6.51. The second-order valence-corrected chi connectivity index (χ2v) is 5.15. The maximum Gasteiger partial charge on any atom is 0.142 e. The molecule has 0 bridgehead atoms. The molecule has 19 heavy (non-hydrogen) atoms. The molecule has 3 aromatic rings. The lowest BCUT2D eigenvalue weighted by molar-refractivity contribution is 0.746. The summed E-state index contributed by atoms with van der Waals surface area (Å²) in [5.41, 5.74) is 10.1. The molecular weight excluding hydrogens is 238 g/mol. The molecule has 1 saturated carbocycles. The van der Waals surface area contributed by atoms with Gasteiger partial charge in [0.05, 0.1) is 18.2 Å². The lowest BCUT2D eigenvalue weighted by Crippen LogP contribution is -1.98. The maximum atomic E-state index is 6.25.